The first kappa shape index (κ1) is 58.1. The molecular weight excluding hydrogens is 1070 g/mol. The summed E-state index contributed by atoms with van der Waals surface area (Å²) in [6, 6.07) is 0. The molecule has 0 bridgehead atoms. The minimum absolute atomic E-state index is 0.159. The Bertz CT molecular complexity index is 2990. The zero-order chi connectivity index (χ0) is 58.4. The molecule has 8 aliphatic rings. The molecule has 24 heteroatoms. The van der Waals surface area contributed by atoms with Gasteiger partial charge < -0.3 is 72.2 Å². The second kappa shape index (κ2) is 23.3. The second-order valence-corrected chi connectivity index (χ2v) is 20.1. The summed E-state index contributed by atoms with van der Waals surface area (Å²) < 4.78 is 66.0. The van der Waals surface area contributed by atoms with Crippen LogP contribution >= 0.6 is 0 Å². The Hall–Kier alpha value is -9.09. The topological polar surface area (TPSA) is 325 Å². The molecule has 1 unspecified atom stereocenters. The van der Waals surface area contributed by atoms with Crippen molar-refractivity contribution in [2.75, 3.05) is 0 Å². The van der Waals surface area contributed by atoms with E-state index in [1.54, 1.807) is 6.92 Å². The molecule has 0 radical (unpaired) electrons. The standard InChI is InChI=1S/C57H58O24/c1-5-7-24-52(3)70-40(58)34(41(59)71-52)18-12-9-14-20-36-44(62)74-54(75-45(36)63)26-30-56(31-27-54)78-48(66)38(49(67)79-56)22-16-11-17-23-39-50(68)80-57(81-51(39)69)32-28-55(29-33-57)76-46(64)37(47(65)77-55)21-15-10-13-19-35-42(60)72-53(4,25-8-6-2)73-43(35)61/h9-23,58,64,66H,5-8,24-33H2,1-4H3/b13-10+,14-9+,17-11+,18-12+,21-15+,22-16+,35-19?,36-20?,39-23?. The van der Waals surface area contributed by atoms with E-state index in [0.717, 1.165) is 31.1 Å². The Balaban J connectivity index is 0.783. The van der Waals surface area contributed by atoms with Gasteiger partial charge in [0.05, 0.1) is 0 Å². The van der Waals surface area contributed by atoms with E-state index in [1.165, 1.54) is 79.8 Å². The van der Waals surface area contributed by atoms with Crippen LogP contribution in [-0.4, -0.2) is 104 Å². The predicted octanol–water partition coefficient (Wildman–Crippen LogP) is 7.18. The Morgan fingerprint density at radius 1 is 0.333 bits per heavy atom. The highest BCUT2D eigenvalue weighted by atomic mass is 16.8. The van der Waals surface area contributed by atoms with Crippen molar-refractivity contribution >= 4 is 53.7 Å². The van der Waals surface area contributed by atoms with Gasteiger partial charge in [-0.1, -0.05) is 81.4 Å². The predicted molar refractivity (Wildman–Crippen MR) is 270 cm³/mol. The number of cyclic esters (lactones) is 3. The minimum Gasteiger partial charge on any atom is -0.480 e. The molecule has 8 rings (SSSR count). The van der Waals surface area contributed by atoms with Crippen LogP contribution in [0, 0.1) is 0 Å². The van der Waals surface area contributed by atoms with Crippen molar-refractivity contribution in [1.29, 1.82) is 0 Å². The van der Waals surface area contributed by atoms with Crippen LogP contribution in [0.2, 0.25) is 0 Å². The van der Waals surface area contributed by atoms with Crippen molar-refractivity contribution in [3.8, 4) is 0 Å². The molecule has 81 heavy (non-hydrogen) atoms. The summed E-state index contributed by atoms with van der Waals surface area (Å²) in [5.41, 5.74) is -2.21. The van der Waals surface area contributed by atoms with Crippen molar-refractivity contribution in [3.05, 3.63) is 142 Å². The first-order valence-corrected chi connectivity index (χ1v) is 26.1. The summed E-state index contributed by atoms with van der Waals surface area (Å²) in [5, 5.41) is 31.8. The van der Waals surface area contributed by atoms with Gasteiger partial charge in [-0.25, -0.2) is 43.2 Å². The van der Waals surface area contributed by atoms with Gasteiger partial charge in [0, 0.05) is 78.1 Å². The maximum atomic E-state index is 13.1. The highest BCUT2D eigenvalue weighted by Crippen LogP contribution is 2.48. The SMILES string of the molecule is CCCCC1(C)OC(=O)C(=C/C=C/C=C/C2=C(O)OC3(CCC4(CC3)OC(=O)C(=C/C=C/C=C/C3=C(O)OC5(CCC6(CC5)OC(=O)C(=C/C=C/C=C/C5=C(O)OC(C)(CCCC)OC5=O)C(=O)O6)OC3=O)C(=O)O4)OC2=O)C(=O)O1. The van der Waals surface area contributed by atoms with Crippen LogP contribution in [0.15, 0.2) is 142 Å². The van der Waals surface area contributed by atoms with Crippen LogP contribution in [0.25, 0.3) is 0 Å². The quantitative estimate of drug-likeness (QED) is 0.0480. The molecule has 3 saturated heterocycles. The molecule has 3 N–H and O–H groups in total. The number of allylic oxidation sites excluding steroid dienone is 12. The lowest BCUT2D eigenvalue weighted by Gasteiger charge is -2.46. The van der Waals surface area contributed by atoms with Crippen molar-refractivity contribution in [2.45, 2.75) is 152 Å². The highest BCUT2D eigenvalue weighted by molar-refractivity contribution is 6.17. The number of unbranched alkanes of at least 4 members (excludes halogenated alkanes) is 2. The number of esters is 9. The molecular formula is C57H58O24. The van der Waals surface area contributed by atoms with E-state index >= 15 is 0 Å². The van der Waals surface area contributed by atoms with E-state index < -0.39 is 117 Å². The molecule has 0 aromatic rings. The molecule has 1 atom stereocenters. The first-order chi connectivity index (χ1) is 38.5. The van der Waals surface area contributed by atoms with E-state index in [9.17, 15) is 58.5 Å². The number of hydrogen-bond acceptors (Lipinski definition) is 24. The highest BCUT2D eigenvalue weighted by Gasteiger charge is 2.58. The summed E-state index contributed by atoms with van der Waals surface area (Å²) in [6.07, 6.45) is 21.3. The second-order valence-electron chi connectivity index (χ2n) is 20.1. The largest absolute Gasteiger partial charge is 0.480 e. The third-order valence-corrected chi connectivity index (χ3v) is 13.9. The number of carbonyl (C=O) groups excluding carboxylic acids is 9. The number of ether oxygens (including phenoxy) is 12. The number of hydrogen-bond donors (Lipinski definition) is 3. The third-order valence-electron chi connectivity index (χ3n) is 13.9. The molecule has 5 fully saturated rings. The van der Waals surface area contributed by atoms with Crippen molar-refractivity contribution in [3.63, 3.8) is 0 Å². The Kier molecular flexibility index (Phi) is 16.7. The number of rotatable bonds is 15. The molecule has 0 aromatic heterocycles. The van der Waals surface area contributed by atoms with Crippen LogP contribution in [0.5, 0.6) is 0 Å². The maximum Gasteiger partial charge on any atom is 0.348 e. The molecule has 0 amide bonds. The van der Waals surface area contributed by atoms with Crippen LogP contribution in [0.4, 0.5) is 0 Å². The lowest BCUT2D eigenvalue weighted by atomic mass is 9.87. The zero-order valence-corrected chi connectivity index (χ0v) is 44.5. The molecule has 0 aromatic carbocycles. The average Bonchev–Trinajstić information content (AvgIpc) is 3.38. The fourth-order valence-corrected chi connectivity index (χ4v) is 9.42. The molecule has 2 aliphatic carbocycles. The van der Waals surface area contributed by atoms with E-state index in [0.29, 0.717) is 25.7 Å². The molecule has 24 nitrogen and oxygen atoms in total. The van der Waals surface area contributed by atoms with E-state index in [4.69, 9.17) is 56.8 Å². The van der Waals surface area contributed by atoms with E-state index in [-0.39, 0.29) is 73.7 Å². The minimum atomic E-state index is -1.73. The van der Waals surface area contributed by atoms with Crippen molar-refractivity contribution < 1.29 is 115 Å². The number of aliphatic hydroxyl groups excluding tert-OH is 3. The first-order valence-electron chi connectivity index (χ1n) is 26.1. The summed E-state index contributed by atoms with van der Waals surface area (Å²) in [4.78, 5) is 116. The fraction of sp³-hybridized carbons (Fsp3) is 0.421. The van der Waals surface area contributed by atoms with Crippen LogP contribution < -0.4 is 0 Å². The van der Waals surface area contributed by atoms with Gasteiger partial charge in [-0.15, -0.1) is 0 Å². The molecule has 430 valence electrons. The zero-order valence-electron chi connectivity index (χ0n) is 44.5. The van der Waals surface area contributed by atoms with E-state index in [1.807, 2.05) is 13.8 Å². The fourth-order valence-electron chi connectivity index (χ4n) is 9.42. The number of carbonyl (C=O) groups is 9. The smallest absolute Gasteiger partial charge is 0.348 e. The summed E-state index contributed by atoms with van der Waals surface area (Å²) >= 11 is 0. The van der Waals surface area contributed by atoms with Gasteiger partial charge in [0.1, 0.15) is 33.4 Å². The lowest BCUT2D eigenvalue weighted by molar-refractivity contribution is -0.297. The van der Waals surface area contributed by atoms with Gasteiger partial charge in [-0.2, -0.15) is 0 Å². The van der Waals surface area contributed by atoms with Crippen LogP contribution in [-0.2, 0) is 100.0 Å². The van der Waals surface area contributed by atoms with Gasteiger partial charge in [-0.3, -0.25) is 0 Å². The molecule has 4 spiro atoms. The summed E-state index contributed by atoms with van der Waals surface area (Å²) in [6.45, 7) is 6.96. The third kappa shape index (κ3) is 13.0. The molecule has 6 heterocycles. The van der Waals surface area contributed by atoms with Crippen molar-refractivity contribution in [1.82, 2.24) is 0 Å². The van der Waals surface area contributed by atoms with Gasteiger partial charge in [0.25, 0.3) is 52.6 Å². The van der Waals surface area contributed by atoms with Gasteiger partial charge >= 0.3 is 53.7 Å². The summed E-state index contributed by atoms with van der Waals surface area (Å²) in [7, 11) is 0. The average molecular weight is 1130 g/mol. The Morgan fingerprint density at radius 2 is 0.580 bits per heavy atom. The Labute approximate surface area is 462 Å². The van der Waals surface area contributed by atoms with Gasteiger partial charge in [-0.05, 0) is 49.3 Å². The maximum absolute atomic E-state index is 13.1. The molecule has 6 aliphatic heterocycles. The van der Waals surface area contributed by atoms with Crippen LogP contribution in [0.1, 0.15) is 118 Å². The number of aliphatic hydroxyl groups is 3. The van der Waals surface area contributed by atoms with E-state index in [2.05, 4.69) is 0 Å². The van der Waals surface area contributed by atoms with Gasteiger partial charge in [0.2, 0.25) is 0 Å². The lowest BCUT2D eigenvalue weighted by Crippen LogP contribution is -2.54. The van der Waals surface area contributed by atoms with Crippen LogP contribution in [0.3, 0.4) is 0 Å². The molecule has 2 saturated carbocycles. The Morgan fingerprint density at radius 3 is 0.877 bits per heavy atom. The van der Waals surface area contributed by atoms with Gasteiger partial charge in [0.15, 0.2) is 0 Å². The monoisotopic (exact) mass is 1130 g/mol. The van der Waals surface area contributed by atoms with Crippen molar-refractivity contribution in [2.24, 2.45) is 0 Å². The normalized spacial score (nSPS) is 31.0. The summed E-state index contributed by atoms with van der Waals surface area (Å²) in [5.74, 6) is -20.1.